The molecule has 5 rings (SSSR count). The smallest absolute Gasteiger partial charge is 0.138 e. The van der Waals surface area contributed by atoms with Gasteiger partial charge in [-0.15, -0.1) is 11.3 Å². The number of anilines is 1. The number of aliphatic hydroxyl groups excluding tert-OH is 1. The summed E-state index contributed by atoms with van der Waals surface area (Å²) in [5.41, 5.74) is 3.55. The molecule has 4 aromatic rings. The Labute approximate surface area is 192 Å². The summed E-state index contributed by atoms with van der Waals surface area (Å²) in [5.74, 6) is 0.746. The van der Waals surface area contributed by atoms with Crippen molar-refractivity contribution in [3.63, 3.8) is 0 Å². The summed E-state index contributed by atoms with van der Waals surface area (Å²) in [6, 6.07) is 20.7. The van der Waals surface area contributed by atoms with Crippen LogP contribution in [0.2, 0.25) is 0 Å². The number of fused-ring (bicyclic) bond motifs is 1. The molecule has 3 N–H and O–H groups in total. The minimum absolute atomic E-state index is 0.0129. The van der Waals surface area contributed by atoms with Crippen LogP contribution < -0.4 is 10.6 Å². The average molecular weight is 446 g/mol. The summed E-state index contributed by atoms with van der Waals surface area (Å²) in [4.78, 5) is 13.5. The van der Waals surface area contributed by atoms with Crippen molar-refractivity contribution in [3.05, 3.63) is 78.1 Å². The summed E-state index contributed by atoms with van der Waals surface area (Å²) in [6.07, 6.45) is 1.58. The number of piperazine rings is 1. The highest BCUT2D eigenvalue weighted by Crippen LogP contribution is 2.36. The highest BCUT2D eigenvalue weighted by molar-refractivity contribution is 7.21. The molecule has 0 amide bonds. The molecule has 7 heteroatoms. The third-order valence-electron chi connectivity index (χ3n) is 5.88. The monoisotopic (exact) mass is 445 g/mol. The van der Waals surface area contributed by atoms with Crippen molar-refractivity contribution in [2.24, 2.45) is 0 Å². The van der Waals surface area contributed by atoms with Crippen molar-refractivity contribution in [2.45, 2.75) is 12.6 Å². The summed E-state index contributed by atoms with van der Waals surface area (Å²) in [6.45, 7) is 5.32. The van der Waals surface area contributed by atoms with Crippen LogP contribution in [0.3, 0.4) is 0 Å². The molecule has 0 unspecified atom stereocenters. The van der Waals surface area contributed by atoms with E-state index in [1.54, 1.807) is 17.7 Å². The standard InChI is InChI=1S/C25H27N5OS/c31-16-22(19-4-2-1-3-5-19)29-24-21-14-23(32-25(21)28-17-27-24)20-8-6-18(7-9-20)15-30-12-10-26-11-13-30/h1-9,14,17,22,26,31H,10-13,15-16H2,(H,27,28,29)/t22-/m1/s1. The summed E-state index contributed by atoms with van der Waals surface area (Å²) < 4.78 is 0. The third-order valence-corrected chi connectivity index (χ3v) is 6.97. The van der Waals surface area contributed by atoms with Crippen LogP contribution in [0.15, 0.2) is 67.0 Å². The second-order valence-corrected chi connectivity index (χ2v) is 9.10. The van der Waals surface area contributed by atoms with Gasteiger partial charge in [-0.2, -0.15) is 0 Å². The Hall–Kier alpha value is -2.84. The number of nitrogens with one attached hydrogen (secondary N) is 2. The molecular weight excluding hydrogens is 418 g/mol. The molecule has 0 bridgehead atoms. The van der Waals surface area contributed by atoms with Gasteiger partial charge in [0.2, 0.25) is 0 Å². The molecule has 32 heavy (non-hydrogen) atoms. The number of aromatic nitrogens is 2. The minimum Gasteiger partial charge on any atom is -0.394 e. The van der Waals surface area contributed by atoms with Gasteiger partial charge in [0, 0.05) is 37.6 Å². The molecular formula is C25H27N5OS. The van der Waals surface area contributed by atoms with Crippen molar-refractivity contribution < 1.29 is 5.11 Å². The van der Waals surface area contributed by atoms with Gasteiger partial charge in [-0.25, -0.2) is 9.97 Å². The quantitative estimate of drug-likeness (QED) is 0.401. The fourth-order valence-electron chi connectivity index (χ4n) is 4.10. The molecule has 1 aliphatic heterocycles. The Bertz CT molecular complexity index is 1160. The van der Waals surface area contributed by atoms with Crippen molar-refractivity contribution in [2.75, 3.05) is 38.1 Å². The highest BCUT2D eigenvalue weighted by Gasteiger charge is 2.15. The first-order chi connectivity index (χ1) is 15.8. The zero-order chi connectivity index (χ0) is 21.8. The first-order valence-electron chi connectivity index (χ1n) is 11.0. The van der Waals surface area contributed by atoms with Crippen LogP contribution in [0, 0.1) is 0 Å². The number of benzene rings is 2. The SMILES string of the molecule is OC[C@@H](Nc1ncnc2sc(-c3ccc(CN4CCNCC4)cc3)cc12)c1ccccc1. The minimum atomic E-state index is -0.220. The molecule has 1 atom stereocenters. The van der Waals surface area contributed by atoms with Gasteiger partial charge < -0.3 is 15.7 Å². The van der Waals surface area contributed by atoms with E-state index in [0.29, 0.717) is 0 Å². The topological polar surface area (TPSA) is 73.3 Å². The number of nitrogens with zero attached hydrogens (tertiary/aromatic N) is 3. The molecule has 3 heterocycles. The zero-order valence-corrected chi connectivity index (χ0v) is 18.7. The van der Waals surface area contributed by atoms with E-state index in [4.69, 9.17) is 0 Å². The molecule has 0 radical (unpaired) electrons. The van der Waals surface area contributed by atoms with Gasteiger partial charge in [0.05, 0.1) is 18.0 Å². The van der Waals surface area contributed by atoms with Crippen LogP contribution in [0.25, 0.3) is 20.7 Å². The molecule has 6 nitrogen and oxygen atoms in total. The maximum absolute atomic E-state index is 9.93. The van der Waals surface area contributed by atoms with Crippen LogP contribution >= 0.6 is 11.3 Å². The summed E-state index contributed by atoms with van der Waals surface area (Å²) in [7, 11) is 0. The number of thiophene rings is 1. The van der Waals surface area contributed by atoms with Gasteiger partial charge in [0.15, 0.2) is 0 Å². The number of rotatable bonds is 7. The lowest BCUT2D eigenvalue weighted by Crippen LogP contribution is -2.42. The lowest BCUT2D eigenvalue weighted by molar-refractivity contribution is 0.233. The lowest BCUT2D eigenvalue weighted by Gasteiger charge is -2.27. The van der Waals surface area contributed by atoms with Gasteiger partial charge in [-0.1, -0.05) is 54.6 Å². The van der Waals surface area contributed by atoms with Crippen LogP contribution in [-0.4, -0.2) is 52.8 Å². The Morgan fingerprint density at radius 2 is 1.81 bits per heavy atom. The van der Waals surface area contributed by atoms with Gasteiger partial charge in [0.1, 0.15) is 17.0 Å². The van der Waals surface area contributed by atoms with E-state index >= 15 is 0 Å². The predicted molar refractivity (Wildman–Crippen MR) is 131 cm³/mol. The van der Waals surface area contributed by atoms with Gasteiger partial charge in [0.25, 0.3) is 0 Å². The molecule has 1 saturated heterocycles. The maximum atomic E-state index is 9.93. The van der Waals surface area contributed by atoms with E-state index < -0.39 is 0 Å². The van der Waals surface area contributed by atoms with Crippen LogP contribution in [0.5, 0.6) is 0 Å². The van der Waals surface area contributed by atoms with Crippen LogP contribution in [0.1, 0.15) is 17.2 Å². The molecule has 1 aliphatic rings. The summed E-state index contributed by atoms with van der Waals surface area (Å²) in [5, 5.41) is 17.7. The first kappa shape index (κ1) is 21.0. The molecule has 0 aliphatic carbocycles. The average Bonchev–Trinajstić information content (AvgIpc) is 3.29. The number of hydrogen-bond donors (Lipinski definition) is 3. The van der Waals surface area contributed by atoms with Crippen molar-refractivity contribution in [1.82, 2.24) is 20.2 Å². The number of aliphatic hydroxyl groups is 1. The second-order valence-electron chi connectivity index (χ2n) is 8.07. The van der Waals surface area contributed by atoms with E-state index in [-0.39, 0.29) is 12.6 Å². The number of hydrogen-bond acceptors (Lipinski definition) is 7. The largest absolute Gasteiger partial charge is 0.394 e. The Balaban J connectivity index is 1.37. The van der Waals surface area contributed by atoms with Crippen LogP contribution in [-0.2, 0) is 6.54 Å². The van der Waals surface area contributed by atoms with Crippen molar-refractivity contribution >= 4 is 27.4 Å². The van der Waals surface area contributed by atoms with Gasteiger partial charge >= 0.3 is 0 Å². The van der Waals surface area contributed by atoms with Gasteiger partial charge in [-0.3, -0.25) is 4.90 Å². The molecule has 1 fully saturated rings. The molecule has 0 spiro atoms. The molecule has 2 aromatic carbocycles. The van der Waals surface area contributed by atoms with Gasteiger partial charge in [-0.05, 0) is 22.8 Å². The van der Waals surface area contributed by atoms with E-state index in [1.165, 1.54) is 11.1 Å². The van der Waals surface area contributed by atoms with E-state index in [0.717, 1.165) is 59.2 Å². The molecule has 164 valence electrons. The fourth-order valence-corrected chi connectivity index (χ4v) is 5.10. The Kier molecular flexibility index (Phi) is 6.41. The fraction of sp³-hybridized carbons (Fsp3) is 0.280. The normalized spacial score (nSPS) is 15.7. The van der Waals surface area contributed by atoms with E-state index in [2.05, 4.69) is 55.8 Å². The Morgan fingerprint density at radius 3 is 2.56 bits per heavy atom. The highest BCUT2D eigenvalue weighted by atomic mass is 32.1. The first-order valence-corrected chi connectivity index (χ1v) is 11.8. The lowest BCUT2D eigenvalue weighted by atomic mass is 10.1. The van der Waals surface area contributed by atoms with E-state index in [1.807, 2.05) is 30.3 Å². The van der Waals surface area contributed by atoms with Crippen LogP contribution in [0.4, 0.5) is 5.82 Å². The van der Waals surface area contributed by atoms with E-state index in [9.17, 15) is 5.11 Å². The maximum Gasteiger partial charge on any atom is 0.138 e. The molecule has 2 aromatic heterocycles. The van der Waals surface area contributed by atoms with Crippen molar-refractivity contribution in [1.29, 1.82) is 0 Å². The second kappa shape index (κ2) is 9.75. The predicted octanol–water partition coefficient (Wildman–Crippen LogP) is 3.91. The summed E-state index contributed by atoms with van der Waals surface area (Å²) >= 11 is 1.66. The third kappa shape index (κ3) is 4.66. The zero-order valence-electron chi connectivity index (χ0n) is 17.9. The van der Waals surface area contributed by atoms with Crippen molar-refractivity contribution in [3.8, 4) is 10.4 Å². The Morgan fingerprint density at radius 1 is 1.03 bits per heavy atom. The molecule has 0 saturated carbocycles.